The second-order valence-electron chi connectivity index (χ2n) is 5.68. The molecular formula is C15H18N2O2. The Balaban J connectivity index is 1.67. The average Bonchev–Trinajstić information content (AvgIpc) is 3.04. The molecule has 19 heavy (non-hydrogen) atoms. The normalized spacial score (nSPS) is 28.9. The standard InChI is InChI=1S/C15H18N2O2/c1-9(17-19)10-3-2-4-14(8-10)16-15(18)13-6-11-5-12(11)7-13/h2-4,8,11-13,19H,5-7H2,1H3,(H,16,18). The zero-order valence-corrected chi connectivity index (χ0v) is 11.0. The Bertz CT molecular complexity index is 529. The summed E-state index contributed by atoms with van der Waals surface area (Å²) in [6.45, 7) is 1.73. The predicted molar refractivity (Wildman–Crippen MR) is 73.4 cm³/mol. The minimum Gasteiger partial charge on any atom is -0.411 e. The van der Waals surface area contributed by atoms with Crippen LogP contribution in [0.4, 0.5) is 5.69 Å². The Hall–Kier alpha value is -1.84. The van der Waals surface area contributed by atoms with E-state index >= 15 is 0 Å². The molecule has 0 aliphatic heterocycles. The molecule has 2 unspecified atom stereocenters. The molecule has 0 spiro atoms. The van der Waals surface area contributed by atoms with Gasteiger partial charge in [-0.05, 0) is 50.2 Å². The van der Waals surface area contributed by atoms with Gasteiger partial charge < -0.3 is 10.5 Å². The first-order valence-corrected chi connectivity index (χ1v) is 6.77. The molecule has 4 nitrogen and oxygen atoms in total. The summed E-state index contributed by atoms with van der Waals surface area (Å²) in [6.07, 6.45) is 3.42. The average molecular weight is 258 g/mol. The molecule has 1 amide bonds. The van der Waals surface area contributed by atoms with Crippen molar-refractivity contribution in [3.8, 4) is 0 Å². The smallest absolute Gasteiger partial charge is 0.227 e. The number of nitrogens with zero attached hydrogens (tertiary/aromatic N) is 1. The van der Waals surface area contributed by atoms with E-state index in [9.17, 15) is 4.79 Å². The van der Waals surface area contributed by atoms with Crippen LogP contribution in [0.25, 0.3) is 0 Å². The van der Waals surface area contributed by atoms with Crippen molar-refractivity contribution in [3.63, 3.8) is 0 Å². The van der Waals surface area contributed by atoms with Crippen molar-refractivity contribution in [1.82, 2.24) is 0 Å². The fraction of sp³-hybridized carbons (Fsp3) is 0.467. The van der Waals surface area contributed by atoms with Gasteiger partial charge in [-0.2, -0.15) is 0 Å². The molecule has 2 saturated carbocycles. The monoisotopic (exact) mass is 258 g/mol. The summed E-state index contributed by atoms with van der Waals surface area (Å²) >= 11 is 0. The lowest BCUT2D eigenvalue weighted by atomic mass is 10.0. The third-order valence-electron chi connectivity index (χ3n) is 4.31. The van der Waals surface area contributed by atoms with Crippen molar-refractivity contribution < 1.29 is 10.0 Å². The Kier molecular flexibility index (Phi) is 3.01. The summed E-state index contributed by atoms with van der Waals surface area (Å²) in [7, 11) is 0. The highest BCUT2D eigenvalue weighted by Gasteiger charge is 2.47. The first-order chi connectivity index (χ1) is 9.17. The van der Waals surface area contributed by atoms with Crippen LogP contribution in [0.2, 0.25) is 0 Å². The number of oxime groups is 1. The SMILES string of the molecule is CC(=NO)c1cccc(NC(=O)C2CC3CC3C2)c1. The van der Waals surface area contributed by atoms with Gasteiger partial charge in [-0.1, -0.05) is 17.3 Å². The number of anilines is 1. The third-order valence-corrected chi connectivity index (χ3v) is 4.31. The van der Waals surface area contributed by atoms with Crippen LogP contribution in [0.15, 0.2) is 29.4 Å². The molecule has 100 valence electrons. The van der Waals surface area contributed by atoms with Gasteiger partial charge in [0.25, 0.3) is 0 Å². The van der Waals surface area contributed by atoms with Crippen molar-refractivity contribution >= 4 is 17.3 Å². The van der Waals surface area contributed by atoms with Crippen LogP contribution in [0.3, 0.4) is 0 Å². The van der Waals surface area contributed by atoms with Crippen LogP contribution >= 0.6 is 0 Å². The largest absolute Gasteiger partial charge is 0.411 e. The molecule has 3 rings (SSSR count). The molecular weight excluding hydrogens is 240 g/mol. The van der Waals surface area contributed by atoms with Crippen molar-refractivity contribution in [2.75, 3.05) is 5.32 Å². The molecule has 2 aliphatic rings. The quantitative estimate of drug-likeness (QED) is 0.497. The zero-order chi connectivity index (χ0) is 13.4. The van der Waals surface area contributed by atoms with Crippen molar-refractivity contribution in [2.45, 2.75) is 26.2 Å². The van der Waals surface area contributed by atoms with Crippen molar-refractivity contribution in [3.05, 3.63) is 29.8 Å². The highest BCUT2D eigenvalue weighted by molar-refractivity contribution is 6.00. The molecule has 2 atom stereocenters. The molecule has 0 bridgehead atoms. The second kappa shape index (κ2) is 4.68. The van der Waals surface area contributed by atoms with Gasteiger partial charge in [0.2, 0.25) is 5.91 Å². The third kappa shape index (κ3) is 2.48. The van der Waals surface area contributed by atoms with Crippen molar-refractivity contribution in [1.29, 1.82) is 0 Å². The maximum Gasteiger partial charge on any atom is 0.227 e. The molecule has 2 N–H and O–H groups in total. The molecule has 1 aromatic rings. The summed E-state index contributed by atoms with van der Waals surface area (Å²) in [5.74, 6) is 1.93. The fourth-order valence-electron chi connectivity index (χ4n) is 3.05. The number of hydrogen-bond acceptors (Lipinski definition) is 3. The van der Waals surface area contributed by atoms with Crippen LogP contribution in [0.1, 0.15) is 31.7 Å². The van der Waals surface area contributed by atoms with Gasteiger partial charge in [0, 0.05) is 17.2 Å². The van der Waals surface area contributed by atoms with Gasteiger partial charge in [0.15, 0.2) is 0 Å². The van der Waals surface area contributed by atoms with E-state index in [0.717, 1.165) is 35.9 Å². The first-order valence-electron chi connectivity index (χ1n) is 6.77. The Labute approximate surface area is 112 Å². The summed E-state index contributed by atoms with van der Waals surface area (Å²) in [4.78, 5) is 12.1. The summed E-state index contributed by atoms with van der Waals surface area (Å²) in [5, 5.41) is 14.9. The number of carbonyl (C=O) groups is 1. The molecule has 1 aromatic carbocycles. The van der Waals surface area contributed by atoms with Crippen LogP contribution < -0.4 is 5.32 Å². The van der Waals surface area contributed by atoms with E-state index in [1.807, 2.05) is 24.3 Å². The number of fused-ring (bicyclic) bond motifs is 1. The number of rotatable bonds is 3. The van der Waals surface area contributed by atoms with E-state index in [1.165, 1.54) is 6.42 Å². The Morgan fingerprint density at radius 2 is 2.05 bits per heavy atom. The molecule has 0 heterocycles. The zero-order valence-electron chi connectivity index (χ0n) is 11.0. The number of carbonyl (C=O) groups excluding carboxylic acids is 1. The van der Waals surface area contributed by atoms with Crippen LogP contribution in [0.5, 0.6) is 0 Å². The number of hydrogen-bond donors (Lipinski definition) is 2. The predicted octanol–water partition coefficient (Wildman–Crippen LogP) is 2.87. The van der Waals surface area contributed by atoms with Gasteiger partial charge in [-0.3, -0.25) is 4.79 Å². The lowest BCUT2D eigenvalue weighted by Crippen LogP contribution is -2.21. The minimum absolute atomic E-state index is 0.128. The molecule has 0 radical (unpaired) electrons. The summed E-state index contributed by atoms with van der Waals surface area (Å²) in [5.41, 5.74) is 2.12. The maximum atomic E-state index is 12.1. The van der Waals surface area contributed by atoms with E-state index in [4.69, 9.17) is 5.21 Å². The van der Waals surface area contributed by atoms with Gasteiger partial charge in [0.1, 0.15) is 0 Å². The fourth-order valence-corrected chi connectivity index (χ4v) is 3.05. The maximum absolute atomic E-state index is 12.1. The highest BCUT2D eigenvalue weighted by atomic mass is 16.4. The van der Waals surface area contributed by atoms with E-state index in [1.54, 1.807) is 6.92 Å². The summed E-state index contributed by atoms with van der Waals surface area (Å²) in [6, 6.07) is 7.41. The number of benzene rings is 1. The first kappa shape index (κ1) is 12.2. The van der Waals surface area contributed by atoms with E-state index in [-0.39, 0.29) is 11.8 Å². The molecule has 0 saturated heterocycles. The van der Waals surface area contributed by atoms with Crippen molar-refractivity contribution in [2.24, 2.45) is 22.9 Å². The minimum atomic E-state index is 0.128. The lowest BCUT2D eigenvalue weighted by molar-refractivity contribution is -0.120. The lowest BCUT2D eigenvalue weighted by Gasteiger charge is -2.12. The van der Waals surface area contributed by atoms with Gasteiger partial charge >= 0.3 is 0 Å². The van der Waals surface area contributed by atoms with Crippen LogP contribution in [-0.2, 0) is 4.79 Å². The van der Waals surface area contributed by atoms with Crippen LogP contribution in [-0.4, -0.2) is 16.8 Å². The van der Waals surface area contributed by atoms with Gasteiger partial charge in [0.05, 0.1) is 5.71 Å². The van der Waals surface area contributed by atoms with E-state index in [2.05, 4.69) is 10.5 Å². The molecule has 0 aromatic heterocycles. The highest BCUT2D eigenvalue weighted by Crippen LogP contribution is 2.54. The van der Waals surface area contributed by atoms with E-state index < -0.39 is 0 Å². The number of amides is 1. The summed E-state index contributed by atoms with van der Waals surface area (Å²) < 4.78 is 0. The second-order valence-corrected chi connectivity index (χ2v) is 5.68. The molecule has 4 heteroatoms. The topological polar surface area (TPSA) is 61.7 Å². The van der Waals surface area contributed by atoms with Gasteiger partial charge in [-0.15, -0.1) is 0 Å². The Morgan fingerprint density at radius 1 is 1.32 bits per heavy atom. The number of nitrogens with one attached hydrogen (secondary N) is 1. The molecule has 2 aliphatic carbocycles. The van der Waals surface area contributed by atoms with Gasteiger partial charge in [-0.25, -0.2) is 0 Å². The Morgan fingerprint density at radius 3 is 2.74 bits per heavy atom. The molecule has 2 fully saturated rings. The van der Waals surface area contributed by atoms with E-state index in [0.29, 0.717) is 5.71 Å². The van der Waals surface area contributed by atoms with Crippen LogP contribution in [0, 0.1) is 17.8 Å².